The van der Waals surface area contributed by atoms with Crippen molar-refractivity contribution in [1.82, 2.24) is 9.78 Å². The third-order valence-corrected chi connectivity index (χ3v) is 2.66. The van der Waals surface area contributed by atoms with Gasteiger partial charge in [0.2, 0.25) is 0 Å². The molecule has 1 heterocycles. The van der Waals surface area contributed by atoms with E-state index < -0.39 is 0 Å². The average Bonchev–Trinajstić information content (AvgIpc) is 2.73. The Labute approximate surface area is 100 Å². The highest BCUT2D eigenvalue weighted by molar-refractivity contribution is 6.17. The number of rotatable bonds is 4. The van der Waals surface area contributed by atoms with Crippen LogP contribution in [0.5, 0.6) is 0 Å². The number of benzene rings is 1. The van der Waals surface area contributed by atoms with E-state index >= 15 is 0 Å². The Hall–Kier alpha value is -1.48. The summed E-state index contributed by atoms with van der Waals surface area (Å²) in [5.74, 6) is 0.556. The predicted octanol–water partition coefficient (Wildman–Crippen LogP) is 2.77. The number of hydrogen-bond donors (Lipinski definition) is 1. The van der Waals surface area contributed by atoms with Gasteiger partial charge in [-0.15, -0.1) is 11.6 Å². The molecule has 84 valence electrons. The molecule has 1 aromatic heterocycles. The largest absolute Gasteiger partial charge is 0.379 e. The van der Waals surface area contributed by atoms with E-state index in [0.717, 1.165) is 23.5 Å². The monoisotopic (exact) mass is 235 g/mol. The summed E-state index contributed by atoms with van der Waals surface area (Å²) in [4.78, 5) is 0. The summed E-state index contributed by atoms with van der Waals surface area (Å²) in [5.41, 5.74) is 3.24. The molecule has 0 saturated heterocycles. The molecule has 0 aliphatic rings. The Morgan fingerprint density at radius 1 is 1.25 bits per heavy atom. The molecule has 0 bridgehead atoms. The minimum absolute atomic E-state index is 0.556. The van der Waals surface area contributed by atoms with Crippen LogP contribution < -0.4 is 5.32 Å². The Kier molecular flexibility index (Phi) is 3.47. The molecule has 0 amide bonds. The molecule has 16 heavy (non-hydrogen) atoms. The maximum Gasteiger partial charge on any atom is 0.0815 e. The third kappa shape index (κ3) is 2.76. The number of nitrogens with one attached hydrogen (secondary N) is 1. The Balaban J connectivity index is 1.94. The van der Waals surface area contributed by atoms with Crippen molar-refractivity contribution in [1.29, 1.82) is 0 Å². The molecule has 0 radical (unpaired) electrons. The molecule has 2 aromatic rings. The zero-order valence-electron chi connectivity index (χ0n) is 9.15. The van der Waals surface area contributed by atoms with E-state index in [1.807, 2.05) is 43.6 Å². The van der Waals surface area contributed by atoms with Crippen LogP contribution in [0, 0.1) is 0 Å². The van der Waals surface area contributed by atoms with Gasteiger partial charge in [0.25, 0.3) is 0 Å². The van der Waals surface area contributed by atoms with Gasteiger partial charge < -0.3 is 5.32 Å². The van der Waals surface area contributed by atoms with Crippen LogP contribution in [-0.2, 0) is 19.5 Å². The fourth-order valence-electron chi connectivity index (χ4n) is 1.46. The first-order chi connectivity index (χ1) is 7.78. The lowest BCUT2D eigenvalue weighted by Crippen LogP contribution is -2.01. The molecule has 0 aliphatic heterocycles. The molecular weight excluding hydrogens is 222 g/mol. The highest BCUT2D eigenvalue weighted by Gasteiger charge is 1.97. The summed E-state index contributed by atoms with van der Waals surface area (Å²) in [6, 6.07) is 10.1. The predicted molar refractivity (Wildman–Crippen MR) is 66.5 cm³/mol. The number of alkyl halides is 1. The fraction of sp³-hybridized carbons (Fsp3) is 0.250. The molecule has 0 saturated carbocycles. The summed E-state index contributed by atoms with van der Waals surface area (Å²) < 4.78 is 1.80. The van der Waals surface area contributed by atoms with Crippen LogP contribution >= 0.6 is 11.6 Å². The third-order valence-electron chi connectivity index (χ3n) is 2.35. The quantitative estimate of drug-likeness (QED) is 0.826. The summed E-state index contributed by atoms with van der Waals surface area (Å²) in [5, 5.41) is 7.60. The fourth-order valence-corrected chi connectivity index (χ4v) is 1.64. The van der Waals surface area contributed by atoms with E-state index in [-0.39, 0.29) is 0 Å². The molecule has 4 heteroatoms. The summed E-state index contributed by atoms with van der Waals surface area (Å²) in [6.45, 7) is 0.737. The van der Waals surface area contributed by atoms with Gasteiger partial charge in [-0.2, -0.15) is 5.10 Å². The molecule has 2 rings (SSSR count). The standard InChI is InChI=1S/C12H14ClN3/c1-16-7-6-12(15-16)9-14-11-4-2-10(8-13)3-5-11/h2-7,14H,8-9H2,1H3. The van der Waals surface area contributed by atoms with Crippen LogP contribution in [0.4, 0.5) is 5.69 Å². The van der Waals surface area contributed by atoms with Gasteiger partial charge in [0, 0.05) is 24.8 Å². The second kappa shape index (κ2) is 5.03. The second-order valence-electron chi connectivity index (χ2n) is 3.66. The smallest absolute Gasteiger partial charge is 0.0815 e. The van der Waals surface area contributed by atoms with Crippen LogP contribution in [0.15, 0.2) is 36.5 Å². The molecule has 0 atom stereocenters. The lowest BCUT2D eigenvalue weighted by Gasteiger charge is -2.04. The first kappa shape index (κ1) is 11.0. The van der Waals surface area contributed by atoms with E-state index in [9.17, 15) is 0 Å². The zero-order chi connectivity index (χ0) is 11.4. The maximum absolute atomic E-state index is 5.72. The second-order valence-corrected chi connectivity index (χ2v) is 3.93. The van der Waals surface area contributed by atoms with Gasteiger partial charge in [-0.25, -0.2) is 0 Å². The summed E-state index contributed by atoms with van der Waals surface area (Å²) in [6.07, 6.45) is 1.94. The van der Waals surface area contributed by atoms with Crippen molar-refractivity contribution < 1.29 is 0 Å². The van der Waals surface area contributed by atoms with Crippen molar-refractivity contribution >= 4 is 17.3 Å². The van der Waals surface area contributed by atoms with Gasteiger partial charge >= 0.3 is 0 Å². The Morgan fingerprint density at radius 2 is 2.00 bits per heavy atom. The molecule has 1 N–H and O–H groups in total. The van der Waals surface area contributed by atoms with E-state index in [4.69, 9.17) is 11.6 Å². The van der Waals surface area contributed by atoms with Crippen LogP contribution in [0.1, 0.15) is 11.3 Å². The van der Waals surface area contributed by atoms with Crippen molar-refractivity contribution in [2.45, 2.75) is 12.4 Å². The molecule has 1 aromatic carbocycles. The molecule has 0 fully saturated rings. The highest BCUT2D eigenvalue weighted by atomic mass is 35.5. The van der Waals surface area contributed by atoms with Crippen LogP contribution in [-0.4, -0.2) is 9.78 Å². The number of aryl methyl sites for hydroxylation is 1. The van der Waals surface area contributed by atoms with Crippen molar-refractivity contribution in [3.05, 3.63) is 47.8 Å². The number of halogens is 1. The van der Waals surface area contributed by atoms with E-state index in [2.05, 4.69) is 10.4 Å². The molecule has 0 unspecified atom stereocenters. The van der Waals surface area contributed by atoms with Gasteiger partial charge in [-0.3, -0.25) is 4.68 Å². The maximum atomic E-state index is 5.72. The first-order valence-corrected chi connectivity index (χ1v) is 5.68. The minimum atomic E-state index is 0.556. The SMILES string of the molecule is Cn1ccc(CNc2ccc(CCl)cc2)n1. The minimum Gasteiger partial charge on any atom is -0.379 e. The topological polar surface area (TPSA) is 29.9 Å². The van der Waals surface area contributed by atoms with Gasteiger partial charge in [0.15, 0.2) is 0 Å². The van der Waals surface area contributed by atoms with Crippen molar-refractivity contribution in [2.75, 3.05) is 5.32 Å². The van der Waals surface area contributed by atoms with E-state index in [1.165, 1.54) is 0 Å². The Bertz CT molecular complexity index is 448. The van der Waals surface area contributed by atoms with Crippen LogP contribution in [0.2, 0.25) is 0 Å². The lowest BCUT2D eigenvalue weighted by atomic mass is 10.2. The zero-order valence-corrected chi connectivity index (χ0v) is 9.91. The van der Waals surface area contributed by atoms with Crippen molar-refractivity contribution in [2.24, 2.45) is 7.05 Å². The van der Waals surface area contributed by atoms with Crippen LogP contribution in [0.25, 0.3) is 0 Å². The number of aromatic nitrogens is 2. The first-order valence-electron chi connectivity index (χ1n) is 5.15. The van der Waals surface area contributed by atoms with Gasteiger partial charge in [-0.05, 0) is 23.8 Å². The number of hydrogen-bond acceptors (Lipinski definition) is 2. The number of anilines is 1. The lowest BCUT2D eigenvalue weighted by molar-refractivity contribution is 0.747. The Morgan fingerprint density at radius 3 is 2.56 bits per heavy atom. The summed E-state index contributed by atoms with van der Waals surface area (Å²) >= 11 is 5.72. The molecule has 3 nitrogen and oxygen atoms in total. The van der Waals surface area contributed by atoms with Crippen molar-refractivity contribution in [3.8, 4) is 0 Å². The van der Waals surface area contributed by atoms with Gasteiger partial charge in [0.05, 0.1) is 12.2 Å². The van der Waals surface area contributed by atoms with Gasteiger partial charge in [-0.1, -0.05) is 12.1 Å². The van der Waals surface area contributed by atoms with E-state index in [1.54, 1.807) is 4.68 Å². The van der Waals surface area contributed by atoms with E-state index in [0.29, 0.717) is 5.88 Å². The summed E-state index contributed by atoms with van der Waals surface area (Å²) in [7, 11) is 1.92. The highest BCUT2D eigenvalue weighted by Crippen LogP contribution is 2.11. The molecular formula is C12H14ClN3. The van der Waals surface area contributed by atoms with Crippen molar-refractivity contribution in [3.63, 3.8) is 0 Å². The average molecular weight is 236 g/mol. The molecule has 0 aliphatic carbocycles. The van der Waals surface area contributed by atoms with Crippen LogP contribution in [0.3, 0.4) is 0 Å². The number of nitrogens with zero attached hydrogens (tertiary/aromatic N) is 2. The normalized spacial score (nSPS) is 10.4. The van der Waals surface area contributed by atoms with Gasteiger partial charge in [0.1, 0.15) is 0 Å². The molecule has 0 spiro atoms.